The van der Waals surface area contributed by atoms with Crippen molar-refractivity contribution < 1.29 is 0 Å². The Bertz CT molecular complexity index is 1170. The number of aromatic nitrogens is 1. The van der Waals surface area contributed by atoms with E-state index in [1.54, 1.807) is 30.5 Å². The lowest BCUT2D eigenvalue weighted by Gasteiger charge is -2.15. The van der Waals surface area contributed by atoms with Crippen molar-refractivity contribution in [2.24, 2.45) is 0 Å². The zero-order valence-electron chi connectivity index (χ0n) is 14.0. The van der Waals surface area contributed by atoms with Crippen LogP contribution in [0.4, 0.5) is 0 Å². The van der Waals surface area contributed by atoms with Crippen LogP contribution in [0.2, 0.25) is 10.0 Å². The van der Waals surface area contributed by atoms with Crippen LogP contribution in [0.25, 0.3) is 27.9 Å². The van der Waals surface area contributed by atoms with Crippen molar-refractivity contribution in [2.45, 2.75) is 6.92 Å². The van der Waals surface area contributed by atoms with E-state index in [1.165, 1.54) is 0 Å². The van der Waals surface area contributed by atoms with Crippen LogP contribution in [0.3, 0.4) is 0 Å². The highest BCUT2D eigenvalue weighted by molar-refractivity contribution is 6.39. The summed E-state index contributed by atoms with van der Waals surface area (Å²) in [6.07, 6.45) is 1.80. The first-order valence-electron chi connectivity index (χ1n) is 8.22. The summed E-state index contributed by atoms with van der Waals surface area (Å²) in [5, 5.41) is 0.924. The van der Waals surface area contributed by atoms with Gasteiger partial charge in [-0.05, 0) is 36.8 Å². The summed E-state index contributed by atoms with van der Waals surface area (Å²) in [6.45, 7) is 2.07. The molecule has 128 valence electrons. The lowest BCUT2D eigenvalue weighted by Crippen LogP contribution is -2.09. The Morgan fingerprint density at radius 3 is 2.19 bits per heavy atom. The second-order valence-corrected chi connectivity index (χ2v) is 6.95. The average Bonchev–Trinajstić information content (AvgIpc) is 2.63. The number of halogens is 2. The van der Waals surface area contributed by atoms with Gasteiger partial charge in [0, 0.05) is 23.4 Å². The van der Waals surface area contributed by atoms with Crippen molar-refractivity contribution in [2.75, 3.05) is 0 Å². The van der Waals surface area contributed by atoms with Crippen LogP contribution >= 0.6 is 23.2 Å². The topological polar surface area (TPSA) is 21.5 Å². The molecule has 2 aromatic carbocycles. The van der Waals surface area contributed by atoms with E-state index >= 15 is 0 Å². The van der Waals surface area contributed by atoms with Gasteiger partial charge < -0.3 is 4.40 Å². The van der Waals surface area contributed by atoms with Crippen molar-refractivity contribution in [3.8, 4) is 22.4 Å². The summed E-state index contributed by atoms with van der Waals surface area (Å²) in [4.78, 5) is 12.7. The van der Waals surface area contributed by atoms with Gasteiger partial charge in [-0.15, -0.1) is 0 Å². The van der Waals surface area contributed by atoms with Crippen molar-refractivity contribution in [1.82, 2.24) is 4.40 Å². The molecule has 0 fully saturated rings. The first kappa shape index (κ1) is 16.9. The molecule has 4 aromatic rings. The Labute approximate surface area is 161 Å². The van der Waals surface area contributed by atoms with Gasteiger partial charge in [-0.3, -0.25) is 4.79 Å². The molecule has 4 heteroatoms. The first-order valence-corrected chi connectivity index (χ1v) is 8.98. The van der Waals surface area contributed by atoms with Gasteiger partial charge in [0.1, 0.15) is 0 Å². The zero-order chi connectivity index (χ0) is 18.3. The van der Waals surface area contributed by atoms with Crippen LogP contribution < -0.4 is 5.43 Å². The minimum Gasteiger partial charge on any atom is -0.316 e. The molecule has 0 aliphatic carbocycles. The summed E-state index contributed by atoms with van der Waals surface area (Å²) < 4.78 is 2.01. The molecule has 2 aromatic heterocycles. The Morgan fingerprint density at radius 2 is 1.46 bits per heavy atom. The van der Waals surface area contributed by atoms with Crippen molar-refractivity contribution in [3.63, 3.8) is 0 Å². The molecule has 2 heterocycles. The fourth-order valence-electron chi connectivity index (χ4n) is 3.30. The quantitative estimate of drug-likeness (QED) is 0.403. The largest absolute Gasteiger partial charge is 0.316 e. The van der Waals surface area contributed by atoms with E-state index in [1.807, 2.05) is 34.7 Å². The number of fused-ring (bicyclic) bond motifs is 1. The minimum absolute atomic E-state index is 0.109. The van der Waals surface area contributed by atoms with Crippen LogP contribution in [0, 0.1) is 6.92 Å². The summed E-state index contributed by atoms with van der Waals surface area (Å²) in [5.41, 5.74) is 5.02. The van der Waals surface area contributed by atoms with E-state index in [4.69, 9.17) is 23.2 Å². The van der Waals surface area contributed by atoms with E-state index in [0.29, 0.717) is 21.2 Å². The molecule has 0 N–H and O–H groups in total. The molecule has 0 amide bonds. The Kier molecular flexibility index (Phi) is 4.31. The van der Waals surface area contributed by atoms with Crippen LogP contribution in [0.15, 0.2) is 77.7 Å². The minimum atomic E-state index is -0.109. The molecular formula is C22H15Cl2NO. The van der Waals surface area contributed by atoms with Gasteiger partial charge in [0.05, 0.1) is 26.8 Å². The second-order valence-electron chi connectivity index (χ2n) is 6.13. The Balaban J connectivity index is 2.12. The molecule has 0 bridgehead atoms. The molecule has 0 radical (unpaired) electrons. The first-order chi connectivity index (χ1) is 12.6. The van der Waals surface area contributed by atoms with E-state index in [-0.39, 0.29) is 5.43 Å². The van der Waals surface area contributed by atoms with Crippen molar-refractivity contribution >= 4 is 28.7 Å². The average molecular weight is 380 g/mol. The maximum absolute atomic E-state index is 12.7. The maximum Gasteiger partial charge on any atom is 0.190 e. The molecule has 0 saturated carbocycles. The summed E-state index contributed by atoms with van der Waals surface area (Å²) in [6, 6.07) is 20.9. The Morgan fingerprint density at radius 1 is 0.769 bits per heavy atom. The van der Waals surface area contributed by atoms with Gasteiger partial charge in [0.25, 0.3) is 0 Å². The van der Waals surface area contributed by atoms with Gasteiger partial charge >= 0.3 is 0 Å². The van der Waals surface area contributed by atoms with E-state index in [9.17, 15) is 4.79 Å². The predicted molar refractivity (Wildman–Crippen MR) is 109 cm³/mol. The summed E-state index contributed by atoms with van der Waals surface area (Å²) in [5.74, 6) is 0. The van der Waals surface area contributed by atoms with Crippen LogP contribution in [-0.2, 0) is 0 Å². The van der Waals surface area contributed by atoms with E-state index in [2.05, 4.69) is 19.1 Å². The standard InChI is InChI=1S/C22H15Cl2NO/c1-14-6-2-3-7-15(14)18-10-5-11-19-22(20(26)12-13-25(18)19)21-16(23)8-4-9-17(21)24/h2-13H,1H3. The second kappa shape index (κ2) is 6.64. The number of nitrogens with zero attached hydrogens (tertiary/aromatic N) is 1. The molecule has 0 spiro atoms. The highest BCUT2D eigenvalue weighted by Gasteiger charge is 2.16. The van der Waals surface area contributed by atoms with E-state index < -0.39 is 0 Å². The van der Waals surface area contributed by atoms with Gasteiger partial charge in [0.2, 0.25) is 0 Å². The molecule has 2 nitrogen and oxygen atoms in total. The molecule has 4 rings (SSSR count). The number of hydrogen-bond donors (Lipinski definition) is 0. The number of aryl methyl sites for hydroxylation is 1. The van der Waals surface area contributed by atoms with Crippen molar-refractivity contribution in [1.29, 1.82) is 0 Å². The monoisotopic (exact) mass is 379 g/mol. The number of pyridine rings is 2. The number of benzene rings is 2. The highest BCUT2D eigenvalue weighted by Crippen LogP contribution is 2.36. The maximum atomic E-state index is 12.7. The Hall–Kier alpha value is -2.55. The molecule has 0 aliphatic rings. The summed E-state index contributed by atoms with van der Waals surface area (Å²) >= 11 is 12.8. The lowest BCUT2D eigenvalue weighted by atomic mass is 10.0. The normalized spacial score (nSPS) is 11.0. The van der Waals surface area contributed by atoms with Gasteiger partial charge in [-0.1, -0.05) is 59.6 Å². The third-order valence-corrected chi connectivity index (χ3v) is 5.17. The molecule has 0 atom stereocenters. The fraction of sp³-hybridized carbons (Fsp3) is 0.0455. The fourth-order valence-corrected chi connectivity index (χ4v) is 3.89. The number of hydrogen-bond acceptors (Lipinski definition) is 1. The smallest absolute Gasteiger partial charge is 0.190 e. The van der Waals surface area contributed by atoms with Gasteiger partial charge in [0.15, 0.2) is 5.43 Å². The molecule has 0 unspecified atom stereocenters. The lowest BCUT2D eigenvalue weighted by molar-refractivity contribution is 1.16. The molecule has 26 heavy (non-hydrogen) atoms. The third-order valence-electron chi connectivity index (χ3n) is 4.54. The van der Waals surface area contributed by atoms with Gasteiger partial charge in [-0.2, -0.15) is 0 Å². The zero-order valence-corrected chi connectivity index (χ0v) is 15.6. The van der Waals surface area contributed by atoms with Gasteiger partial charge in [-0.25, -0.2) is 0 Å². The van der Waals surface area contributed by atoms with Crippen LogP contribution in [0.5, 0.6) is 0 Å². The third kappa shape index (κ3) is 2.72. The molecule has 0 saturated heterocycles. The van der Waals surface area contributed by atoms with E-state index in [0.717, 1.165) is 22.3 Å². The molecule has 0 aliphatic heterocycles. The SMILES string of the molecule is Cc1ccccc1-c1cccc2c(-c3c(Cl)cccc3Cl)c(=O)ccn12. The van der Waals surface area contributed by atoms with Crippen LogP contribution in [0.1, 0.15) is 5.56 Å². The number of rotatable bonds is 2. The van der Waals surface area contributed by atoms with Crippen LogP contribution in [-0.4, -0.2) is 4.40 Å². The summed E-state index contributed by atoms with van der Waals surface area (Å²) in [7, 11) is 0. The highest BCUT2D eigenvalue weighted by atomic mass is 35.5. The predicted octanol–water partition coefficient (Wildman–Crippen LogP) is 6.25. The van der Waals surface area contributed by atoms with Crippen molar-refractivity contribution in [3.05, 3.63) is 98.8 Å². The molecular weight excluding hydrogens is 365 g/mol.